The van der Waals surface area contributed by atoms with Crippen LogP contribution in [0, 0.1) is 0 Å². The van der Waals surface area contributed by atoms with Crippen molar-refractivity contribution >= 4 is 58.9 Å². The molecule has 0 unspecified atom stereocenters. The summed E-state index contributed by atoms with van der Waals surface area (Å²) in [5, 5.41) is 0. The van der Waals surface area contributed by atoms with Crippen molar-refractivity contribution in [2.24, 2.45) is 0 Å². The summed E-state index contributed by atoms with van der Waals surface area (Å²) in [6.07, 6.45) is 0. The van der Waals surface area contributed by atoms with Gasteiger partial charge < -0.3 is 4.74 Å². The molecule has 0 fully saturated rings. The van der Waals surface area contributed by atoms with Crippen molar-refractivity contribution in [2.45, 2.75) is 4.21 Å². The van der Waals surface area contributed by atoms with Gasteiger partial charge in [-0.2, -0.15) is 0 Å². The van der Waals surface area contributed by atoms with E-state index in [1.807, 2.05) is 0 Å². The van der Waals surface area contributed by atoms with Crippen LogP contribution in [-0.4, -0.2) is 15.5 Å². The third kappa shape index (κ3) is 3.50. The van der Waals surface area contributed by atoms with Crippen molar-refractivity contribution in [1.82, 2.24) is 0 Å². The van der Waals surface area contributed by atoms with Crippen LogP contribution in [0.25, 0.3) is 0 Å². The number of benzene rings is 1. The number of anilines is 1. The van der Waals surface area contributed by atoms with Gasteiger partial charge in [0, 0.05) is 10.5 Å². The van der Waals surface area contributed by atoms with Crippen LogP contribution in [0.1, 0.15) is 0 Å². The molecule has 0 amide bonds. The summed E-state index contributed by atoms with van der Waals surface area (Å²) in [6, 6.07) is 8.32. The highest BCUT2D eigenvalue weighted by atomic mass is 79.9. The van der Waals surface area contributed by atoms with E-state index in [0.29, 0.717) is 15.9 Å². The molecular weight excluding hydrogens is 418 g/mol. The lowest BCUT2D eigenvalue weighted by atomic mass is 10.3. The van der Waals surface area contributed by atoms with Gasteiger partial charge in [-0.1, -0.05) is 0 Å². The normalized spacial score (nSPS) is 11.3. The molecule has 102 valence electrons. The van der Waals surface area contributed by atoms with Gasteiger partial charge in [0.1, 0.15) is 9.96 Å². The molecule has 0 spiro atoms. The second-order valence-electron chi connectivity index (χ2n) is 3.51. The SMILES string of the molecule is COc1ccc(Br)c(NS(=O)(=O)c2ccc(Br)s2)c1. The lowest BCUT2D eigenvalue weighted by Gasteiger charge is -2.09. The largest absolute Gasteiger partial charge is 0.497 e. The minimum atomic E-state index is -3.59. The van der Waals surface area contributed by atoms with Crippen LogP contribution in [0.15, 0.2) is 42.8 Å². The first-order valence-electron chi connectivity index (χ1n) is 5.04. The lowest BCUT2D eigenvalue weighted by Crippen LogP contribution is -2.11. The van der Waals surface area contributed by atoms with E-state index in [1.54, 1.807) is 30.3 Å². The molecule has 2 rings (SSSR count). The number of halogens is 2. The Morgan fingerprint density at radius 1 is 1.21 bits per heavy atom. The Morgan fingerprint density at radius 2 is 1.95 bits per heavy atom. The van der Waals surface area contributed by atoms with E-state index in [4.69, 9.17) is 4.74 Å². The van der Waals surface area contributed by atoms with Crippen LogP contribution in [0.3, 0.4) is 0 Å². The van der Waals surface area contributed by atoms with Gasteiger partial charge in [-0.3, -0.25) is 4.72 Å². The summed E-state index contributed by atoms with van der Waals surface area (Å²) in [5.74, 6) is 0.577. The van der Waals surface area contributed by atoms with Crippen LogP contribution in [0.4, 0.5) is 5.69 Å². The Bertz CT molecular complexity index is 698. The summed E-state index contributed by atoms with van der Waals surface area (Å²) >= 11 is 7.70. The van der Waals surface area contributed by atoms with Gasteiger partial charge in [0.25, 0.3) is 10.0 Å². The standard InChI is InChI=1S/C11H9Br2NO3S2/c1-17-7-2-3-8(12)9(6-7)14-19(15,16)11-5-4-10(13)18-11/h2-6,14H,1H3. The Kier molecular flexibility index (Phi) is 4.54. The van der Waals surface area contributed by atoms with Crippen LogP contribution >= 0.6 is 43.2 Å². The van der Waals surface area contributed by atoms with Gasteiger partial charge in [0.2, 0.25) is 0 Å². The predicted molar refractivity (Wildman–Crippen MR) is 83.5 cm³/mol. The molecule has 1 N–H and O–H groups in total. The van der Waals surface area contributed by atoms with Gasteiger partial charge in [0.05, 0.1) is 16.6 Å². The van der Waals surface area contributed by atoms with E-state index in [-0.39, 0.29) is 4.21 Å². The number of rotatable bonds is 4. The van der Waals surface area contributed by atoms with Crippen molar-refractivity contribution in [1.29, 1.82) is 0 Å². The van der Waals surface area contributed by atoms with Crippen LogP contribution in [0.2, 0.25) is 0 Å². The molecular formula is C11H9Br2NO3S2. The minimum absolute atomic E-state index is 0.245. The average Bonchev–Trinajstić information content (AvgIpc) is 2.79. The molecule has 0 aliphatic heterocycles. The van der Waals surface area contributed by atoms with Crippen molar-refractivity contribution in [2.75, 3.05) is 11.8 Å². The minimum Gasteiger partial charge on any atom is -0.497 e. The van der Waals surface area contributed by atoms with Gasteiger partial charge in [-0.25, -0.2) is 8.42 Å². The smallest absolute Gasteiger partial charge is 0.271 e. The number of nitrogens with one attached hydrogen (secondary N) is 1. The number of methoxy groups -OCH3 is 1. The van der Waals surface area contributed by atoms with E-state index in [9.17, 15) is 8.42 Å². The van der Waals surface area contributed by atoms with Crippen LogP contribution in [-0.2, 0) is 10.0 Å². The molecule has 0 radical (unpaired) electrons. The zero-order valence-corrected chi connectivity index (χ0v) is 14.5. The molecule has 1 aromatic carbocycles. The molecule has 1 aromatic heterocycles. The zero-order chi connectivity index (χ0) is 14.0. The van der Waals surface area contributed by atoms with E-state index < -0.39 is 10.0 Å². The molecule has 1 heterocycles. The number of ether oxygens (including phenoxy) is 1. The number of sulfonamides is 1. The molecule has 0 saturated heterocycles. The third-order valence-electron chi connectivity index (χ3n) is 2.23. The van der Waals surface area contributed by atoms with Crippen molar-refractivity contribution in [3.8, 4) is 5.75 Å². The third-order valence-corrected chi connectivity index (χ3v) is 6.40. The quantitative estimate of drug-likeness (QED) is 0.801. The Morgan fingerprint density at radius 3 is 2.53 bits per heavy atom. The molecule has 2 aromatic rings. The number of hydrogen-bond acceptors (Lipinski definition) is 4. The Balaban J connectivity index is 2.35. The summed E-state index contributed by atoms with van der Waals surface area (Å²) in [5.41, 5.74) is 0.434. The first-order chi connectivity index (χ1) is 8.92. The second-order valence-corrected chi connectivity index (χ2v) is 8.74. The average molecular weight is 427 g/mol. The number of thiophene rings is 1. The molecule has 0 atom stereocenters. The summed E-state index contributed by atoms with van der Waals surface area (Å²) in [7, 11) is -2.06. The van der Waals surface area contributed by atoms with Gasteiger partial charge >= 0.3 is 0 Å². The highest BCUT2D eigenvalue weighted by Crippen LogP contribution is 2.31. The molecule has 0 aliphatic carbocycles. The van der Waals surface area contributed by atoms with E-state index in [0.717, 1.165) is 15.1 Å². The first-order valence-corrected chi connectivity index (χ1v) is 8.92. The Labute approximate surface area is 132 Å². The molecule has 19 heavy (non-hydrogen) atoms. The first kappa shape index (κ1) is 14.8. The Hall–Kier alpha value is -0.570. The van der Waals surface area contributed by atoms with E-state index in [2.05, 4.69) is 36.6 Å². The van der Waals surface area contributed by atoms with Crippen molar-refractivity contribution < 1.29 is 13.2 Å². The highest BCUT2D eigenvalue weighted by molar-refractivity contribution is 9.11. The fourth-order valence-corrected chi connectivity index (χ4v) is 4.90. The summed E-state index contributed by atoms with van der Waals surface area (Å²) in [4.78, 5) is 0. The molecule has 0 bridgehead atoms. The molecule has 4 nitrogen and oxygen atoms in total. The molecule has 8 heteroatoms. The fourth-order valence-electron chi connectivity index (χ4n) is 1.35. The monoisotopic (exact) mass is 425 g/mol. The predicted octanol–water partition coefficient (Wildman–Crippen LogP) is 4.08. The topological polar surface area (TPSA) is 55.4 Å². The van der Waals surface area contributed by atoms with Gasteiger partial charge in [0.15, 0.2) is 0 Å². The maximum Gasteiger partial charge on any atom is 0.271 e. The number of hydrogen-bond donors (Lipinski definition) is 1. The van der Waals surface area contributed by atoms with Gasteiger partial charge in [-0.15, -0.1) is 11.3 Å². The summed E-state index contributed by atoms with van der Waals surface area (Å²) < 4.78 is 33.6. The van der Waals surface area contributed by atoms with Crippen molar-refractivity contribution in [3.63, 3.8) is 0 Å². The second kappa shape index (κ2) is 5.82. The lowest BCUT2D eigenvalue weighted by molar-refractivity contribution is 0.415. The van der Waals surface area contributed by atoms with E-state index in [1.165, 1.54) is 7.11 Å². The van der Waals surface area contributed by atoms with Crippen LogP contribution in [0.5, 0.6) is 5.75 Å². The fraction of sp³-hybridized carbons (Fsp3) is 0.0909. The maximum absolute atomic E-state index is 12.2. The summed E-state index contributed by atoms with van der Waals surface area (Å²) in [6.45, 7) is 0. The zero-order valence-electron chi connectivity index (χ0n) is 9.68. The van der Waals surface area contributed by atoms with Crippen LogP contribution < -0.4 is 9.46 Å². The maximum atomic E-state index is 12.2. The molecule has 0 saturated carbocycles. The molecule has 0 aliphatic rings. The highest BCUT2D eigenvalue weighted by Gasteiger charge is 2.18. The van der Waals surface area contributed by atoms with E-state index >= 15 is 0 Å². The van der Waals surface area contributed by atoms with Crippen molar-refractivity contribution in [3.05, 3.63) is 38.6 Å². The van der Waals surface area contributed by atoms with Gasteiger partial charge in [-0.05, 0) is 56.1 Å².